The van der Waals surface area contributed by atoms with Crippen molar-refractivity contribution in [2.75, 3.05) is 19.1 Å². The van der Waals surface area contributed by atoms with E-state index >= 15 is 0 Å². The van der Waals surface area contributed by atoms with Gasteiger partial charge in [0.2, 0.25) is 0 Å². The molecule has 0 atom stereocenters. The van der Waals surface area contributed by atoms with Gasteiger partial charge in [-0.15, -0.1) is 0 Å². The van der Waals surface area contributed by atoms with E-state index in [1.54, 1.807) is 19.1 Å². The standard InChI is InChI=1S/C31H31NO3.3C2H6/c1-5-23-15-17-25(18-16-23)32(21-28-29(34-3)19-22(2)20-30(28)35-4)31(33)27-14-10-9-13-26(27)24-11-7-6-8-12-24;3*1-2/h6-20H,5,21H2,1-4H3;3*1-2H3. The van der Waals surface area contributed by atoms with E-state index in [-0.39, 0.29) is 5.91 Å². The van der Waals surface area contributed by atoms with Crippen molar-refractivity contribution in [3.05, 3.63) is 113 Å². The molecule has 0 saturated heterocycles. The Balaban J connectivity index is 0.00000131. The van der Waals surface area contributed by atoms with Crippen LogP contribution in [0.5, 0.6) is 11.5 Å². The summed E-state index contributed by atoms with van der Waals surface area (Å²) in [5.74, 6) is 1.31. The van der Waals surface area contributed by atoms with Gasteiger partial charge in [0.1, 0.15) is 11.5 Å². The SMILES string of the molecule is CC.CC.CC.CCc1ccc(N(Cc2c(OC)cc(C)cc2OC)C(=O)c2ccccc2-c2ccccc2)cc1. The summed E-state index contributed by atoms with van der Waals surface area (Å²) in [6.07, 6.45) is 0.935. The van der Waals surface area contributed by atoms with Gasteiger partial charge in [-0.2, -0.15) is 0 Å². The van der Waals surface area contributed by atoms with Gasteiger partial charge in [0.25, 0.3) is 5.91 Å². The van der Waals surface area contributed by atoms with Crippen molar-refractivity contribution in [3.8, 4) is 22.6 Å². The predicted molar refractivity (Wildman–Crippen MR) is 177 cm³/mol. The third-order valence-corrected chi connectivity index (χ3v) is 6.21. The van der Waals surface area contributed by atoms with Gasteiger partial charge in [-0.25, -0.2) is 0 Å². The summed E-state index contributed by atoms with van der Waals surface area (Å²) in [6, 6.07) is 29.9. The zero-order valence-corrected chi connectivity index (χ0v) is 26.7. The molecular formula is C37H49NO3. The summed E-state index contributed by atoms with van der Waals surface area (Å²) >= 11 is 0. The maximum absolute atomic E-state index is 14.2. The minimum atomic E-state index is -0.0848. The van der Waals surface area contributed by atoms with Crippen molar-refractivity contribution in [1.82, 2.24) is 0 Å². The number of aryl methyl sites for hydroxylation is 2. The molecule has 0 aliphatic rings. The molecule has 0 bridgehead atoms. The van der Waals surface area contributed by atoms with Crippen LogP contribution < -0.4 is 14.4 Å². The first-order valence-electron chi connectivity index (χ1n) is 14.8. The molecule has 41 heavy (non-hydrogen) atoms. The summed E-state index contributed by atoms with van der Waals surface area (Å²) < 4.78 is 11.4. The Labute approximate surface area is 249 Å². The number of carbonyl (C=O) groups excluding carboxylic acids is 1. The molecule has 0 aromatic heterocycles. The molecule has 0 saturated carbocycles. The average Bonchev–Trinajstić information content (AvgIpc) is 3.06. The minimum absolute atomic E-state index is 0.0848. The number of methoxy groups -OCH3 is 2. The lowest BCUT2D eigenvalue weighted by atomic mass is 9.98. The van der Waals surface area contributed by atoms with Crippen LogP contribution in [0.2, 0.25) is 0 Å². The van der Waals surface area contributed by atoms with E-state index in [1.807, 2.05) is 127 Å². The van der Waals surface area contributed by atoms with Crippen LogP contribution in [0.1, 0.15) is 75.5 Å². The van der Waals surface area contributed by atoms with Gasteiger partial charge in [-0.3, -0.25) is 4.79 Å². The quantitative estimate of drug-likeness (QED) is 0.217. The smallest absolute Gasteiger partial charge is 0.259 e. The van der Waals surface area contributed by atoms with Gasteiger partial charge in [0.05, 0.1) is 26.3 Å². The van der Waals surface area contributed by atoms with Gasteiger partial charge in [-0.05, 0) is 65.9 Å². The van der Waals surface area contributed by atoms with E-state index < -0.39 is 0 Å². The number of benzene rings is 4. The molecule has 0 heterocycles. The average molecular weight is 556 g/mol. The van der Waals surface area contributed by atoms with E-state index in [2.05, 4.69) is 19.1 Å². The van der Waals surface area contributed by atoms with E-state index in [9.17, 15) is 4.79 Å². The summed E-state index contributed by atoms with van der Waals surface area (Å²) in [5.41, 5.74) is 6.44. The Kier molecular flexibility index (Phi) is 16.3. The summed E-state index contributed by atoms with van der Waals surface area (Å²) in [5, 5.41) is 0. The lowest BCUT2D eigenvalue weighted by Crippen LogP contribution is -2.31. The molecule has 4 rings (SSSR count). The summed E-state index contributed by atoms with van der Waals surface area (Å²) in [6.45, 7) is 16.4. The molecular weight excluding hydrogens is 506 g/mol. The highest BCUT2D eigenvalue weighted by atomic mass is 16.5. The van der Waals surface area contributed by atoms with Crippen molar-refractivity contribution in [3.63, 3.8) is 0 Å². The number of amides is 1. The largest absolute Gasteiger partial charge is 0.496 e. The number of anilines is 1. The molecule has 0 fully saturated rings. The van der Waals surface area contributed by atoms with Gasteiger partial charge >= 0.3 is 0 Å². The second kappa shape index (κ2) is 19.1. The highest BCUT2D eigenvalue weighted by Gasteiger charge is 2.24. The molecule has 220 valence electrons. The van der Waals surface area contributed by atoms with Crippen molar-refractivity contribution in [1.29, 1.82) is 0 Å². The van der Waals surface area contributed by atoms with Gasteiger partial charge in [0, 0.05) is 11.3 Å². The zero-order chi connectivity index (χ0) is 30.8. The lowest BCUT2D eigenvalue weighted by Gasteiger charge is -2.26. The Bertz CT molecular complexity index is 1270. The highest BCUT2D eigenvalue weighted by Crippen LogP contribution is 2.34. The summed E-state index contributed by atoms with van der Waals surface area (Å²) in [7, 11) is 3.29. The molecule has 4 heteroatoms. The van der Waals surface area contributed by atoms with Crippen molar-refractivity contribution >= 4 is 11.6 Å². The molecule has 0 spiro atoms. The van der Waals surface area contributed by atoms with Crippen LogP contribution in [0.15, 0.2) is 91.0 Å². The molecule has 4 aromatic carbocycles. The van der Waals surface area contributed by atoms with Crippen molar-refractivity contribution < 1.29 is 14.3 Å². The monoisotopic (exact) mass is 555 g/mol. The fourth-order valence-corrected chi connectivity index (χ4v) is 4.31. The molecule has 4 aromatic rings. The number of nitrogens with zero attached hydrogens (tertiary/aromatic N) is 1. The van der Waals surface area contributed by atoms with E-state index in [0.717, 1.165) is 34.4 Å². The minimum Gasteiger partial charge on any atom is -0.496 e. The first kappa shape index (κ1) is 35.0. The fraction of sp³-hybridized carbons (Fsp3) is 0.324. The molecule has 4 nitrogen and oxygen atoms in total. The van der Waals surface area contributed by atoms with E-state index in [0.29, 0.717) is 23.6 Å². The van der Waals surface area contributed by atoms with Crippen molar-refractivity contribution in [2.24, 2.45) is 0 Å². The first-order chi connectivity index (χ1) is 20.0. The Hall–Kier alpha value is -4.05. The molecule has 0 radical (unpaired) electrons. The highest BCUT2D eigenvalue weighted by molar-refractivity contribution is 6.10. The number of ether oxygens (including phenoxy) is 2. The van der Waals surface area contributed by atoms with Crippen LogP contribution in [-0.4, -0.2) is 20.1 Å². The van der Waals surface area contributed by atoms with Crippen LogP contribution in [-0.2, 0) is 13.0 Å². The zero-order valence-electron chi connectivity index (χ0n) is 26.7. The fourth-order valence-electron chi connectivity index (χ4n) is 4.31. The van der Waals surface area contributed by atoms with Gasteiger partial charge < -0.3 is 14.4 Å². The van der Waals surface area contributed by atoms with Crippen LogP contribution in [0.3, 0.4) is 0 Å². The molecule has 1 amide bonds. The first-order valence-corrected chi connectivity index (χ1v) is 14.8. The van der Waals surface area contributed by atoms with Crippen LogP contribution >= 0.6 is 0 Å². The van der Waals surface area contributed by atoms with E-state index in [4.69, 9.17) is 9.47 Å². The molecule has 0 aliphatic heterocycles. The normalized spacial score (nSPS) is 9.51. The summed E-state index contributed by atoms with van der Waals surface area (Å²) in [4.78, 5) is 16.0. The van der Waals surface area contributed by atoms with Crippen molar-refractivity contribution in [2.45, 2.75) is 68.4 Å². The molecule has 0 unspecified atom stereocenters. The second-order valence-corrected chi connectivity index (χ2v) is 8.47. The van der Waals surface area contributed by atoms with Gasteiger partial charge in [-0.1, -0.05) is 109 Å². The maximum atomic E-state index is 14.2. The van der Waals surface area contributed by atoms with Crippen LogP contribution in [0.25, 0.3) is 11.1 Å². The lowest BCUT2D eigenvalue weighted by molar-refractivity contribution is 0.0985. The maximum Gasteiger partial charge on any atom is 0.259 e. The molecule has 0 aliphatic carbocycles. The number of carbonyl (C=O) groups is 1. The predicted octanol–water partition coefficient (Wildman–Crippen LogP) is 10.2. The topological polar surface area (TPSA) is 38.8 Å². The Morgan fingerprint density at radius 1 is 0.707 bits per heavy atom. The number of rotatable bonds is 8. The number of hydrogen-bond acceptors (Lipinski definition) is 3. The Morgan fingerprint density at radius 2 is 1.22 bits per heavy atom. The second-order valence-electron chi connectivity index (χ2n) is 8.47. The number of hydrogen-bond donors (Lipinski definition) is 0. The molecule has 0 N–H and O–H groups in total. The van der Waals surface area contributed by atoms with Crippen LogP contribution in [0.4, 0.5) is 5.69 Å². The van der Waals surface area contributed by atoms with Crippen LogP contribution in [0, 0.1) is 6.92 Å². The van der Waals surface area contributed by atoms with E-state index in [1.165, 1.54) is 5.56 Å². The third kappa shape index (κ3) is 9.24. The van der Waals surface area contributed by atoms with Gasteiger partial charge in [0.15, 0.2) is 0 Å². The Morgan fingerprint density at radius 3 is 1.73 bits per heavy atom. The third-order valence-electron chi connectivity index (χ3n) is 6.21.